The Hall–Kier alpha value is -1.69. The van der Waals surface area contributed by atoms with Crippen molar-refractivity contribution in [2.24, 2.45) is 0 Å². The van der Waals surface area contributed by atoms with Crippen LogP contribution in [0.3, 0.4) is 0 Å². The fourth-order valence-corrected chi connectivity index (χ4v) is 5.83. The van der Waals surface area contributed by atoms with Crippen molar-refractivity contribution in [3.05, 3.63) is 76.6 Å². The summed E-state index contributed by atoms with van der Waals surface area (Å²) in [6.07, 6.45) is 6.63. The van der Waals surface area contributed by atoms with Crippen LogP contribution < -0.4 is 5.69 Å². The molecule has 2 aromatic heterocycles. The third kappa shape index (κ3) is 7.43. The van der Waals surface area contributed by atoms with Gasteiger partial charge in [0.1, 0.15) is 5.76 Å². The maximum Gasteiger partial charge on any atom is 0.351 e. The van der Waals surface area contributed by atoms with E-state index >= 15 is 0 Å². The van der Waals surface area contributed by atoms with Gasteiger partial charge in [0.2, 0.25) is 5.71 Å². The van der Waals surface area contributed by atoms with Crippen molar-refractivity contribution in [3.63, 3.8) is 0 Å². The summed E-state index contributed by atoms with van der Waals surface area (Å²) < 4.78 is 39.8. The van der Waals surface area contributed by atoms with E-state index in [1.54, 1.807) is 18.3 Å². The lowest BCUT2D eigenvalue weighted by atomic mass is 10.1. The number of aryl methyl sites for hydroxylation is 2. The summed E-state index contributed by atoms with van der Waals surface area (Å²) in [5, 5.41) is 0.751. The smallest absolute Gasteiger partial charge is 0.351 e. The van der Waals surface area contributed by atoms with Gasteiger partial charge < -0.3 is 13.5 Å². The van der Waals surface area contributed by atoms with Gasteiger partial charge in [-0.15, -0.1) is 0 Å². The lowest BCUT2D eigenvalue weighted by Crippen LogP contribution is -2.21. The molecule has 0 spiro atoms. The highest BCUT2D eigenvalue weighted by atomic mass is 31.3. The third-order valence-electron chi connectivity index (χ3n) is 4.35. The van der Waals surface area contributed by atoms with Crippen molar-refractivity contribution >= 4 is 36.8 Å². The molecule has 32 heavy (non-hydrogen) atoms. The van der Waals surface area contributed by atoms with E-state index in [-0.39, 0.29) is 12.7 Å². The molecule has 12 heteroatoms. The Balaban J connectivity index is 1.63. The molecule has 0 saturated carbocycles. The van der Waals surface area contributed by atoms with E-state index in [1.807, 2.05) is 24.3 Å². The maximum absolute atomic E-state index is 12.6. The molecule has 0 aliphatic rings. The number of furan rings is 1. The van der Waals surface area contributed by atoms with Crippen molar-refractivity contribution < 1.29 is 26.7 Å². The number of aromatic nitrogens is 2. The second-order valence-corrected chi connectivity index (χ2v) is 10.9. The van der Waals surface area contributed by atoms with E-state index in [2.05, 4.69) is 17.1 Å². The van der Waals surface area contributed by atoms with E-state index in [9.17, 15) is 9.36 Å². The molecule has 2 heterocycles. The molecule has 0 amide bonds. The Bertz CT molecular complexity index is 1120. The Morgan fingerprint density at radius 1 is 1.09 bits per heavy atom. The molecule has 2 unspecified atom stereocenters. The molecule has 0 bridgehead atoms. The minimum absolute atomic E-state index is 0.0273. The largest absolute Gasteiger partial charge is 0.443 e. The summed E-state index contributed by atoms with van der Waals surface area (Å²) in [6, 6.07) is 12.0. The lowest BCUT2D eigenvalue weighted by molar-refractivity contribution is 0.355. The first-order valence-corrected chi connectivity index (χ1v) is 13.1. The number of allylic oxidation sites excluding steroid dienone is 2. The normalized spacial score (nSPS) is 14.4. The maximum atomic E-state index is 12.6. The van der Waals surface area contributed by atoms with Crippen molar-refractivity contribution in [2.75, 3.05) is 20.4 Å². The highest BCUT2D eigenvalue weighted by Crippen LogP contribution is 2.57. The molecule has 2 atom stereocenters. The van der Waals surface area contributed by atoms with E-state index in [4.69, 9.17) is 22.1 Å². The molecule has 3 aromatic rings. The highest BCUT2D eigenvalue weighted by Gasteiger charge is 2.23. The summed E-state index contributed by atoms with van der Waals surface area (Å²) in [6.45, 7) is 0.255. The van der Waals surface area contributed by atoms with Gasteiger partial charge in [-0.3, -0.25) is 17.8 Å². The van der Waals surface area contributed by atoms with Gasteiger partial charge in [-0.05, 0) is 18.1 Å². The van der Waals surface area contributed by atoms with Crippen LogP contribution >= 0.6 is 25.7 Å². The van der Waals surface area contributed by atoms with Crippen LogP contribution in [-0.4, -0.2) is 29.9 Å². The number of hydrogen-bond acceptors (Lipinski definition) is 8. The fraction of sp³-hybridized carbons (Fsp3) is 0.300. The van der Waals surface area contributed by atoms with Gasteiger partial charge in [-0.25, -0.2) is 4.79 Å². The van der Waals surface area contributed by atoms with Crippen LogP contribution in [0.15, 0.2) is 64.0 Å². The lowest BCUT2D eigenvalue weighted by Gasteiger charge is -2.14. The van der Waals surface area contributed by atoms with Gasteiger partial charge in [-0.1, -0.05) is 42.5 Å². The second kappa shape index (κ2) is 12.5. The van der Waals surface area contributed by atoms with Gasteiger partial charge in [0, 0.05) is 33.4 Å². The van der Waals surface area contributed by atoms with Gasteiger partial charge in [-0.2, -0.15) is 4.98 Å². The Kier molecular flexibility index (Phi) is 9.76. The number of rotatable bonds is 13. The Labute approximate surface area is 189 Å². The van der Waals surface area contributed by atoms with Crippen LogP contribution in [-0.2, 0) is 41.6 Å². The van der Waals surface area contributed by atoms with Crippen LogP contribution in [0.25, 0.3) is 11.1 Å². The Morgan fingerprint density at radius 3 is 2.50 bits per heavy atom. The fourth-order valence-electron chi connectivity index (χ4n) is 2.84. The number of nitrogens with zero attached hydrogens (tertiary/aromatic N) is 2. The van der Waals surface area contributed by atoms with Crippen LogP contribution in [0.2, 0.25) is 0 Å². The molecule has 0 saturated heterocycles. The molecule has 1 aromatic carbocycles. The zero-order valence-corrected chi connectivity index (χ0v) is 20.6. The van der Waals surface area contributed by atoms with Crippen LogP contribution in [0.1, 0.15) is 11.3 Å². The molecule has 0 aliphatic carbocycles. The van der Waals surface area contributed by atoms with Crippen molar-refractivity contribution in [2.45, 2.75) is 19.4 Å². The summed E-state index contributed by atoms with van der Waals surface area (Å²) >= 11 is 0. The average molecular weight is 498 g/mol. The highest BCUT2D eigenvalue weighted by molar-refractivity contribution is 7.63. The van der Waals surface area contributed by atoms with E-state index in [0.717, 1.165) is 17.6 Å². The van der Waals surface area contributed by atoms with E-state index < -0.39 is 31.4 Å². The number of hydrogen-bond donors (Lipinski definition) is 0. The Morgan fingerprint density at radius 2 is 1.81 bits per heavy atom. The van der Waals surface area contributed by atoms with Crippen LogP contribution in [0.4, 0.5) is 0 Å². The van der Waals surface area contributed by atoms with Crippen molar-refractivity contribution in [1.82, 2.24) is 9.55 Å². The predicted molar refractivity (Wildman–Crippen MR) is 127 cm³/mol. The molecule has 0 radical (unpaired) electrons. The molecule has 172 valence electrons. The first-order chi connectivity index (χ1) is 15.5. The zero-order chi connectivity index (χ0) is 22.8. The van der Waals surface area contributed by atoms with E-state index in [0.29, 0.717) is 12.1 Å². The van der Waals surface area contributed by atoms with Gasteiger partial charge in [0.25, 0.3) is 0 Å². The quantitative estimate of drug-likeness (QED) is 0.243. The predicted octanol–water partition coefficient (Wildman–Crippen LogP) is 4.87. The molecular formula is C20H25N2O7P3. The molecule has 3 rings (SSSR count). The van der Waals surface area contributed by atoms with Crippen molar-refractivity contribution in [3.8, 4) is 0 Å². The summed E-state index contributed by atoms with van der Waals surface area (Å²) in [7, 11) is -1.32. The zero-order valence-electron chi connectivity index (χ0n) is 17.7. The molecule has 9 nitrogen and oxygen atoms in total. The molecular weight excluding hydrogens is 473 g/mol. The SMILES string of the molecule is COPOP(=O)(C/C=C/Cn1cc2cc(CCc3ccccc3)oc2nc1=O)OPOC. The molecule has 0 aliphatic heterocycles. The minimum atomic E-state index is -3.38. The minimum Gasteiger partial charge on any atom is -0.443 e. The van der Waals surface area contributed by atoms with Crippen LogP contribution in [0, 0.1) is 0 Å². The van der Waals surface area contributed by atoms with Gasteiger partial charge >= 0.3 is 13.3 Å². The molecule has 0 fully saturated rings. The van der Waals surface area contributed by atoms with Gasteiger partial charge in [0.15, 0.2) is 18.1 Å². The number of fused-ring (bicyclic) bond motifs is 1. The standard InChI is InChI=1S/C20H25N2O7P3/c1-25-30-28-32(24,29-31-26-2)13-7-6-12-22-15-17-14-18(27-19(17)21-20(22)23)11-10-16-8-4-3-5-9-16/h3-9,14-15,30-31H,10-13H2,1-2H3/b7-6+. The average Bonchev–Trinajstić information content (AvgIpc) is 3.20. The summed E-state index contributed by atoms with van der Waals surface area (Å²) in [5.74, 6) is 0.775. The third-order valence-corrected chi connectivity index (χ3v) is 8.16. The first-order valence-electron chi connectivity index (χ1n) is 9.74. The van der Waals surface area contributed by atoms with Gasteiger partial charge in [0.05, 0.1) is 11.5 Å². The number of benzene rings is 1. The van der Waals surface area contributed by atoms with E-state index in [1.165, 1.54) is 24.4 Å². The second-order valence-electron chi connectivity index (χ2n) is 6.66. The van der Waals surface area contributed by atoms with Crippen molar-refractivity contribution in [1.29, 1.82) is 0 Å². The topological polar surface area (TPSA) is 102 Å². The summed E-state index contributed by atoms with van der Waals surface area (Å²) in [4.78, 5) is 16.4. The first kappa shape index (κ1) is 24.9. The summed E-state index contributed by atoms with van der Waals surface area (Å²) in [5.41, 5.74) is 1.11. The molecule has 0 N–H and O–H groups in total. The van der Waals surface area contributed by atoms with Crippen LogP contribution in [0.5, 0.6) is 0 Å². The monoisotopic (exact) mass is 498 g/mol.